The minimum absolute atomic E-state index is 0.00347. The molecule has 0 bridgehead atoms. The van der Waals surface area contributed by atoms with Crippen molar-refractivity contribution in [3.8, 4) is 6.07 Å². The molecule has 0 fully saturated rings. The molecule has 0 saturated heterocycles. The van der Waals surface area contributed by atoms with Crippen molar-refractivity contribution in [2.24, 2.45) is 0 Å². The van der Waals surface area contributed by atoms with Gasteiger partial charge in [0, 0.05) is 6.42 Å². The van der Waals surface area contributed by atoms with Gasteiger partial charge in [-0.2, -0.15) is 5.26 Å². The van der Waals surface area contributed by atoms with Crippen molar-refractivity contribution in [3.63, 3.8) is 0 Å². The van der Waals surface area contributed by atoms with E-state index in [1.165, 1.54) is 0 Å². The molecule has 0 spiro atoms. The van der Waals surface area contributed by atoms with Crippen molar-refractivity contribution >= 4 is 5.78 Å². The fourth-order valence-corrected chi connectivity index (χ4v) is 0.866. The molecule has 46 valence electrons. The molecular weight excluding hydrogens is 114 g/mol. The van der Waals surface area contributed by atoms with E-state index in [4.69, 9.17) is 5.26 Å². The first-order valence-electron chi connectivity index (χ1n) is 2.98. The normalized spacial score (nSPS) is 18.6. The predicted molar refractivity (Wildman–Crippen MR) is 32.6 cm³/mol. The first kappa shape index (κ1) is 6.03. The molecule has 1 aliphatic carbocycles. The highest BCUT2D eigenvalue weighted by Crippen LogP contribution is 2.12. The first-order valence-corrected chi connectivity index (χ1v) is 2.98. The molecule has 0 N–H and O–H groups in total. The van der Waals surface area contributed by atoms with Gasteiger partial charge in [0.15, 0.2) is 5.78 Å². The molecule has 9 heavy (non-hydrogen) atoms. The number of carbonyl (C=O) groups excluding carboxylic acids is 1. The largest absolute Gasteiger partial charge is 0.293 e. The van der Waals surface area contributed by atoms with Crippen LogP contribution in [0.15, 0.2) is 11.6 Å². The average molecular weight is 121 g/mol. The Morgan fingerprint density at radius 3 is 2.89 bits per heavy atom. The van der Waals surface area contributed by atoms with Gasteiger partial charge in [-0.15, -0.1) is 0 Å². The molecule has 0 aromatic heterocycles. The summed E-state index contributed by atoms with van der Waals surface area (Å²) >= 11 is 0. The minimum atomic E-state index is 0.00347. The number of nitrogens with zero attached hydrogens (tertiary/aromatic N) is 1. The van der Waals surface area contributed by atoms with Crippen LogP contribution in [0.3, 0.4) is 0 Å². The fourth-order valence-electron chi connectivity index (χ4n) is 0.866. The van der Waals surface area contributed by atoms with Crippen LogP contribution in [-0.2, 0) is 4.79 Å². The van der Waals surface area contributed by atoms with Crippen LogP contribution >= 0.6 is 0 Å². The van der Waals surface area contributed by atoms with Gasteiger partial charge in [0.1, 0.15) is 6.07 Å². The van der Waals surface area contributed by atoms with Crippen LogP contribution in [0.5, 0.6) is 0 Å². The number of nitriles is 1. The van der Waals surface area contributed by atoms with E-state index in [0.717, 1.165) is 12.8 Å². The lowest BCUT2D eigenvalue weighted by molar-refractivity contribution is -0.115. The summed E-state index contributed by atoms with van der Waals surface area (Å²) in [6.45, 7) is 0. The lowest BCUT2D eigenvalue weighted by atomic mass is 9.99. The Morgan fingerprint density at radius 1 is 1.67 bits per heavy atom. The van der Waals surface area contributed by atoms with Gasteiger partial charge in [0.2, 0.25) is 0 Å². The van der Waals surface area contributed by atoms with Crippen LogP contribution in [-0.4, -0.2) is 5.78 Å². The second kappa shape index (κ2) is 2.45. The SMILES string of the molecule is N#CC1=CCCCC1=O. The van der Waals surface area contributed by atoms with Crippen LogP contribution in [0.25, 0.3) is 0 Å². The third-order valence-electron chi connectivity index (χ3n) is 1.38. The second-order valence-corrected chi connectivity index (χ2v) is 2.05. The van der Waals surface area contributed by atoms with Crippen molar-refractivity contribution in [3.05, 3.63) is 11.6 Å². The van der Waals surface area contributed by atoms with Crippen LogP contribution < -0.4 is 0 Å². The highest BCUT2D eigenvalue weighted by molar-refractivity contribution is 5.99. The standard InChI is InChI=1S/C7H7NO/c8-5-6-3-1-2-4-7(6)9/h3H,1-2,4H2. The monoisotopic (exact) mass is 121 g/mol. The molecule has 0 unspecified atom stereocenters. The summed E-state index contributed by atoms with van der Waals surface area (Å²) in [6, 6.07) is 1.87. The van der Waals surface area contributed by atoms with Gasteiger partial charge in [-0.3, -0.25) is 4.79 Å². The lowest BCUT2D eigenvalue weighted by Gasteiger charge is -2.02. The summed E-state index contributed by atoms with van der Waals surface area (Å²) in [4.78, 5) is 10.7. The van der Waals surface area contributed by atoms with E-state index in [1.807, 2.05) is 6.07 Å². The van der Waals surface area contributed by atoms with E-state index in [0.29, 0.717) is 12.0 Å². The summed E-state index contributed by atoms with van der Waals surface area (Å²) in [5.74, 6) is 0.00347. The fraction of sp³-hybridized carbons (Fsp3) is 0.429. The molecule has 1 aliphatic rings. The smallest absolute Gasteiger partial charge is 0.173 e. The average Bonchev–Trinajstić information content (AvgIpc) is 1.89. The van der Waals surface area contributed by atoms with Crippen molar-refractivity contribution in [2.75, 3.05) is 0 Å². The molecule has 0 amide bonds. The van der Waals surface area contributed by atoms with Crippen molar-refractivity contribution in [1.29, 1.82) is 5.26 Å². The molecule has 2 heteroatoms. The van der Waals surface area contributed by atoms with Crippen LogP contribution in [0, 0.1) is 11.3 Å². The van der Waals surface area contributed by atoms with E-state index in [9.17, 15) is 4.79 Å². The minimum Gasteiger partial charge on any atom is -0.293 e. The molecule has 0 atom stereocenters. The molecular formula is C7H7NO. The highest BCUT2D eigenvalue weighted by atomic mass is 16.1. The molecule has 1 rings (SSSR count). The maximum atomic E-state index is 10.7. The third-order valence-corrected chi connectivity index (χ3v) is 1.38. The van der Waals surface area contributed by atoms with Crippen molar-refractivity contribution in [2.45, 2.75) is 19.3 Å². The van der Waals surface area contributed by atoms with Gasteiger partial charge >= 0.3 is 0 Å². The van der Waals surface area contributed by atoms with Gasteiger partial charge in [0.05, 0.1) is 5.57 Å². The van der Waals surface area contributed by atoms with E-state index in [-0.39, 0.29) is 5.78 Å². The van der Waals surface area contributed by atoms with Crippen LogP contribution in [0.1, 0.15) is 19.3 Å². The number of hydrogen-bond donors (Lipinski definition) is 0. The molecule has 0 saturated carbocycles. The summed E-state index contributed by atoms with van der Waals surface area (Å²) in [5.41, 5.74) is 0.348. The lowest BCUT2D eigenvalue weighted by Crippen LogP contribution is -2.04. The topological polar surface area (TPSA) is 40.9 Å². The first-order chi connectivity index (χ1) is 4.34. The summed E-state index contributed by atoms with van der Waals surface area (Å²) < 4.78 is 0. The Hall–Kier alpha value is -1.10. The summed E-state index contributed by atoms with van der Waals surface area (Å²) in [6.07, 6.45) is 4.06. The molecule has 2 nitrogen and oxygen atoms in total. The second-order valence-electron chi connectivity index (χ2n) is 2.05. The number of allylic oxidation sites excluding steroid dienone is 2. The Bertz CT molecular complexity index is 197. The molecule has 0 aromatic rings. The highest BCUT2D eigenvalue weighted by Gasteiger charge is 2.11. The van der Waals surface area contributed by atoms with Crippen molar-refractivity contribution in [1.82, 2.24) is 0 Å². The van der Waals surface area contributed by atoms with E-state index >= 15 is 0 Å². The van der Waals surface area contributed by atoms with E-state index in [1.54, 1.807) is 6.08 Å². The molecule has 0 radical (unpaired) electrons. The zero-order valence-electron chi connectivity index (χ0n) is 5.05. The molecule has 0 heterocycles. The van der Waals surface area contributed by atoms with Gasteiger partial charge < -0.3 is 0 Å². The number of ketones is 1. The molecule has 0 aromatic carbocycles. The Morgan fingerprint density at radius 2 is 2.44 bits per heavy atom. The van der Waals surface area contributed by atoms with Gasteiger partial charge in [0.25, 0.3) is 0 Å². The number of Topliss-reactive ketones (excluding diaryl/α,β-unsaturated/α-hetero) is 1. The Labute approximate surface area is 53.8 Å². The number of carbonyl (C=O) groups is 1. The van der Waals surface area contributed by atoms with Crippen LogP contribution in [0.2, 0.25) is 0 Å². The quantitative estimate of drug-likeness (QED) is 0.483. The van der Waals surface area contributed by atoms with Gasteiger partial charge in [-0.1, -0.05) is 6.08 Å². The maximum absolute atomic E-state index is 10.7. The zero-order valence-corrected chi connectivity index (χ0v) is 5.05. The van der Waals surface area contributed by atoms with Crippen molar-refractivity contribution < 1.29 is 4.79 Å². The van der Waals surface area contributed by atoms with Gasteiger partial charge in [-0.05, 0) is 12.8 Å². The number of hydrogen-bond acceptors (Lipinski definition) is 2. The van der Waals surface area contributed by atoms with Gasteiger partial charge in [-0.25, -0.2) is 0 Å². The Kier molecular flexibility index (Phi) is 1.64. The maximum Gasteiger partial charge on any atom is 0.173 e. The summed E-state index contributed by atoms with van der Waals surface area (Å²) in [7, 11) is 0. The predicted octanol–water partition coefficient (Wildman–Crippen LogP) is 1.19. The number of rotatable bonds is 0. The van der Waals surface area contributed by atoms with Crippen LogP contribution in [0.4, 0.5) is 0 Å². The van der Waals surface area contributed by atoms with E-state index in [2.05, 4.69) is 0 Å². The summed E-state index contributed by atoms with van der Waals surface area (Å²) in [5, 5.41) is 8.32. The zero-order chi connectivity index (χ0) is 6.69. The molecule has 0 aliphatic heterocycles. The third kappa shape index (κ3) is 1.17. The Balaban J connectivity index is 2.79. The van der Waals surface area contributed by atoms with E-state index < -0.39 is 0 Å².